The van der Waals surface area contributed by atoms with E-state index in [2.05, 4.69) is 26.3 Å². The standard InChI is InChI=1S/C6H19N3O3Si.2C2H4/c1-5(7)6(8,9)13(10-2,11-3)12-4;2*1-2/h5H,7-9H2,1-4H3;2*1-2H2. The van der Waals surface area contributed by atoms with Gasteiger partial charge in [0.15, 0.2) is 0 Å². The molecule has 0 fully saturated rings. The summed E-state index contributed by atoms with van der Waals surface area (Å²) in [7, 11) is 1.24. The molecular weight excluding hydrogens is 238 g/mol. The molecule has 0 saturated heterocycles. The van der Waals surface area contributed by atoms with E-state index in [0.29, 0.717) is 0 Å². The summed E-state index contributed by atoms with van der Waals surface area (Å²) in [5.74, 6) is 0. The summed E-state index contributed by atoms with van der Waals surface area (Å²) in [6.07, 6.45) is 0. The van der Waals surface area contributed by atoms with Crippen LogP contribution < -0.4 is 17.2 Å². The van der Waals surface area contributed by atoms with Crippen molar-refractivity contribution < 1.29 is 13.3 Å². The molecule has 0 aromatic carbocycles. The summed E-state index contributed by atoms with van der Waals surface area (Å²) >= 11 is 0. The molecule has 0 heterocycles. The van der Waals surface area contributed by atoms with Crippen molar-refractivity contribution in [3.8, 4) is 0 Å². The van der Waals surface area contributed by atoms with Crippen molar-refractivity contribution in [1.82, 2.24) is 0 Å². The third-order valence-electron chi connectivity index (χ3n) is 2.09. The Labute approximate surface area is 106 Å². The topological polar surface area (TPSA) is 106 Å². The van der Waals surface area contributed by atoms with Gasteiger partial charge >= 0.3 is 8.80 Å². The van der Waals surface area contributed by atoms with Gasteiger partial charge in [-0.1, -0.05) is 0 Å². The Morgan fingerprint density at radius 1 is 0.941 bits per heavy atom. The van der Waals surface area contributed by atoms with Crippen molar-refractivity contribution >= 4 is 8.80 Å². The molecule has 1 unspecified atom stereocenters. The van der Waals surface area contributed by atoms with Crippen LogP contribution in [0.3, 0.4) is 0 Å². The van der Waals surface area contributed by atoms with Crippen LogP contribution in [0.1, 0.15) is 6.92 Å². The van der Waals surface area contributed by atoms with Crippen molar-refractivity contribution in [2.75, 3.05) is 21.3 Å². The minimum Gasteiger partial charge on any atom is -0.375 e. The quantitative estimate of drug-likeness (QED) is 0.366. The van der Waals surface area contributed by atoms with Crippen LogP contribution in [0.4, 0.5) is 0 Å². The van der Waals surface area contributed by atoms with Gasteiger partial charge in [0.05, 0.1) is 0 Å². The molecule has 104 valence electrons. The van der Waals surface area contributed by atoms with Crippen LogP contribution in [0.25, 0.3) is 0 Å². The highest BCUT2D eigenvalue weighted by Gasteiger charge is 2.57. The van der Waals surface area contributed by atoms with Crippen LogP contribution in [-0.4, -0.2) is 41.5 Å². The van der Waals surface area contributed by atoms with Gasteiger partial charge in [-0.3, -0.25) is 0 Å². The molecule has 0 saturated carbocycles. The average Bonchev–Trinajstić information content (AvgIpc) is 2.36. The first-order chi connectivity index (χ1) is 7.88. The number of nitrogens with two attached hydrogens (primary N) is 3. The molecule has 17 heavy (non-hydrogen) atoms. The van der Waals surface area contributed by atoms with Crippen molar-refractivity contribution in [3.05, 3.63) is 26.3 Å². The summed E-state index contributed by atoms with van der Waals surface area (Å²) in [5, 5.41) is -1.29. The molecule has 0 aliphatic rings. The predicted molar refractivity (Wildman–Crippen MR) is 74.0 cm³/mol. The summed E-state index contributed by atoms with van der Waals surface area (Å²) in [6, 6.07) is -0.487. The Kier molecular flexibility index (Phi) is 13.5. The third kappa shape index (κ3) is 5.09. The first-order valence-electron chi connectivity index (χ1n) is 4.86. The molecule has 0 aromatic rings. The first kappa shape index (κ1) is 21.7. The summed E-state index contributed by atoms with van der Waals surface area (Å²) in [5.41, 5.74) is 17.2. The third-order valence-corrected chi connectivity index (χ3v) is 5.22. The lowest BCUT2D eigenvalue weighted by molar-refractivity contribution is 0.0871. The molecule has 0 aliphatic carbocycles. The highest BCUT2D eigenvalue weighted by molar-refractivity contribution is 6.64. The van der Waals surface area contributed by atoms with Gasteiger partial charge < -0.3 is 30.5 Å². The molecule has 0 aromatic heterocycles. The monoisotopic (exact) mass is 265 g/mol. The fraction of sp³-hybridized carbons (Fsp3) is 0.600. The van der Waals surface area contributed by atoms with Gasteiger partial charge in [0.1, 0.15) is 5.29 Å². The van der Waals surface area contributed by atoms with Crippen LogP contribution >= 0.6 is 0 Å². The lowest BCUT2D eigenvalue weighted by atomic mass is 10.3. The lowest BCUT2D eigenvalue weighted by Gasteiger charge is -2.40. The van der Waals surface area contributed by atoms with Gasteiger partial charge in [0.2, 0.25) is 0 Å². The SMILES string of the molecule is C=C.C=C.CO[Si](OC)(OC)C(N)(N)C(C)N. The highest BCUT2D eigenvalue weighted by atomic mass is 28.4. The smallest absolute Gasteiger partial charge is 0.375 e. The maximum atomic E-state index is 5.81. The van der Waals surface area contributed by atoms with E-state index in [4.69, 9.17) is 30.5 Å². The van der Waals surface area contributed by atoms with E-state index < -0.39 is 20.1 Å². The van der Waals surface area contributed by atoms with Gasteiger partial charge in [0, 0.05) is 27.4 Å². The molecular formula is C10H27N3O3Si. The van der Waals surface area contributed by atoms with Gasteiger partial charge in [-0.05, 0) is 6.92 Å². The second-order valence-corrected chi connectivity index (χ2v) is 6.09. The van der Waals surface area contributed by atoms with E-state index >= 15 is 0 Å². The Hall–Kier alpha value is -0.543. The summed E-state index contributed by atoms with van der Waals surface area (Å²) in [6.45, 7) is 13.7. The van der Waals surface area contributed by atoms with Crippen LogP contribution in [0.2, 0.25) is 0 Å². The van der Waals surface area contributed by atoms with Crippen LogP contribution in [0.15, 0.2) is 26.3 Å². The zero-order valence-corrected chi connectivity index (χ0v) is 12.4. The summed E-state index contributed by atoms with van der Waals surface area (Å²) in [4.78, 5) is 0. The van der Waals surface area contributed by atoms with Crippen LogP contribution in [0.5, 0.6) is 0 Å². The lowest BCUT2D eigenvalue weighted by Crippen LogP contribution is -2.80. The molecule has 0 bridgehead atoms. The Morgan fingerprint density at radius 3 is 1.24 bits per heavy atom. The fourth-order valence-corrected chi connectivity index (χ4v) is 3.18. The molecule has 6 nitrogen and oxygen atoms in total. The first-order valence-corrected chi connectivity index (χ1v) is 6.59. The van der Waals surface area contributed by atoms with Crippen molar-refractivity contribution in [2.24, 2.45) is 17.2 Å². The van der Waals surface area contributed by atoms with Crippen LogP contribution in [-0.2, 0) is 13.3 Å². The Morgan fingerprint density at radius 2 is 1.18 bits per heavy atom. The molecule has 0 radical (unpaired) electrons. The second-order valence-electron chi connectivity index (χ2n) is 2.89. The van der Waals surface area contributed by atoms with E-state index in [0.717, 1.165) is 0 Å². The Balaban J connectivity index is -0.000000439. The van der Waals surface area contributed by atoms with E-state index in [1.165, 1.54) is 21.3 Å². The molecule has 0 aliphatic heterocycles. The van der Waals surface area contributed by atoms with E-state index in [1.807, 2.05) is 0 Å². The van der Waals surface area contributed by atoms with Gasteiger partial charge in [-0.25, -0.2) is 0 Å². The van der Waals surface area contributed by atoms with Gasteiger partial charge in [-0.15, -0.1) is 26.3 Å². The molecule has 0 rings (SSSR count). The maximum Gasteiger partial charge on any atom is 0.538 e. The normalized spacial score (nSPS) is 12.6. The fourth-order valence-electron chi connectivity index (χ4n) is 1.06. The number of hydrogen-bond donors (Lipinski definition) is 3. The zero-order chi connectivity index (χ0) is 14.7. The molecule has 0 spiro atoms. The largest absolute Gasteiger partial charge is 0.538 e. The predicted octanol–water partition coefficient (Wildman–Crippen LogP) is -0.0310. The molecule has 0 amide bonds. The van der Waals surface area contributed by atoms with Crippen molar-refractivity contribution in [2.45, 2.75) is 18.3 Å². The molecule has 6 N–H and O–H groups in total. The number of rotatable bonds is 5. The summed E-state index contributed by atoms with van der Waals surface area (Å²) < 4.78 is 15.4. The van der Waals surface area contributed by atoms with Gasteiger partial charge in [0.25, 0.3) is 0 Å². The van der Waals surface area contributed by atoms with E-state index in [-0.39, 0.29) is 0 Å². The average molecular weight is 265 g/mol. The van der Waals surface area contributed by atoms with E-state index in [9.17, 15) is 0 Å². The van der Waals surface area contributed by atoms with Crippen molar-refractivity contribution in [1.29, 1.82) is 0 Å². The minimum atomic E-state index is -3.08. The van der Waals surface area contributed by atoms with Crippen LogP contribution in [0, 0.1) is 0 Å². The molecule has 7 heteroatoms. The minimum absolute atomic E-state index is 0.487. The van der Waals surface area contributed by atoms with Crippen molar-refractivity contribution in [3.63, 3.8) is 0 Å². The Bertz CT molecular complexity index is 177. The van der Waals surface area contributed by atoms with Gasteiger partial charge in [-0.2, -0.15) is 0 Å². The van der Waals surface area contributed by atoms with E-state index in [1.54, 1.807) is 6.92 Å². The highest BCUT2D eigenvalue weighted by Crippen LogP contribution is 2.18. The maximum absolute atomic E-state index is 5.81. The zero-order valence-electron chi connectivity index (χ0n) is 11.4. The number of hydrogen-bond acceptors (Lipinski definition) is 6. The molecule has 1 atom stereocenters. The second kappa shape index (κ2) is 10.6.